The van der Waals surface area contributed by atoms with Crippen molar-refractivity contribution >= 4 is 21.6 Å². The molecule has 112 valence electrons. The number of hydrogen-bond acceptors (Lipinski definition) is 3. The molecule has 0 aliphatic heterocycles. The molecule has 1 aromatic rings. The molecule has 0 unspecified atom stereocenters. The van der Waals surface area contributed by atoms with Crippen LogP contribution in [0.4, 0.5) is 5.69 Å². The van der Waals surface area contributed by atoms with Gasteiger partial charge in [-0.3, -0.25) is 4.79 Å². The molecule has 0 fully saturated rings. The number of anilines is 1. The molecule has 5 nitrogen and oxygen atoms in total. The first-order valence-corrected chi connectivity index (χ1v) is 8.07. The summed E-state index contributed by atoms with van der Waals surface area (Å²) in [7, 11) is -0.265. The molecule has 6 heteroatoms. The second-order valence-electron chi connectivity index (χ2n) is 4.88. The van der Waals surface area contributed by atoms with E-state index in [9.17, 15) is 13.2 Å². The van der Waals surface area contributed by atoms with Crippen LogP contribution in [0.3, 0.4) is 0 Å². The van der Waals surface area contributed by atoms with E-state index in [1.165, 1.54) is 11.9 Å². The fourth-order valence-corrected chi connectivity index (χ4v) is 2.44. The Balaban J connectivity index is 2.84. The second kappa shape index (κ2) is 6.37. The SMILES string of the molecule is CCS(=O)(=O)N(C)CC(=O)N(C)c1ccc(C)c(C)c1. The molecule has 0 aliphatic rings. The zero-order chi connectivity index (χ0) is 15.5. The summed E-state index contributed by atoms with van der Waals surface area (Å²) < 4.78 is 24.4. The van der Waals surface area contributed by atoms with Crippen molar-refractivity contribution in [3.05, 3.63) is 29.3 Å². The molecule has 1 aromatic carbocycles. The summed E-state index contributed by atoms with van der Waals surface area (Å²) in [6, 6.07) is 5.72. The summed E-state index contributed by atoms with van der Waals surface area (Å²) in [6.07, 6.45) is 0. The van der Waals surface area contributed by atoms with Gasteiger partial charge in [-0.15, -0.1) is 0 Å². The van der Waals surface area contributed by atoms with Crippen molar-refractivity contribution in [2.24, 2.45) is 0 Å². The molecule has 0 aliphatic carbocycles. The van der Waals surface area contributed by atoms with E-state index in [0.717, 1.165) is 21.1 Å². The molecule has 0 atom stereocenters. The molecule has 0 bridgehead atoms. The summed E-state index contributed by atoms with van der Waals surface area (Å²) in [5, 5.41) is 0. The molecule has 0 N–H and O–H groups in total. The number of amides is 1. The van der Waals surface area contributed by atoms with Crippen molar-refractivity contribution in [2.75, 3.05) is 31.3 Å². The molecular formula is C14H22N2O3S. The van der Waals surface area contributed by atoms with Crippen LogP contribution in [0.25, 0.3) is 0 Å². The zero-order valence-corrected chi connectivity index (χ0v) is 13.5. The highest BCUT2D eigenvalue weighted by atomic mass is 32.2. The monoisotopic (exact) mass is 298 g/mol. The number of rotatable bonds is 5. The highest BCUT2D eigenvalue weighted by Crippen LogP contribution is 2.18. The predicted molar refractivity (Wildman–Crippen MR) is 81.4 cm³/mol. The number of sulfonamides is 1. The van der Waals surface area contributed by atoms with Crippen LogP contribution in [-0.2, 0) is 14.8 Å². The van der Waals surface area contributed by atoms with Gasteiger partial charge in [0.1, 0.15) is 0 Å². The Kier molecular flexibility index (Phi) is 5.30. The molecule has 0 heterocycles. The average Bonchev–Trinajstić information content (AvgIpc) is 2.40. The summed E-state index contributed by atoms with van der Waals surface area (Å²) in [5.41, 5.74) is 3.01. The highest BCUT2D eigenvalue weighted by molar-refractivity contribution is 7.89. The Morgan fingerprint density at radius 3 is 2.25 bits per heavy atom. The van der Waals surface area contributed by atoms with Crippen molar-refractivity contribution in [2.45, 2.75) is 20.8 Å². The van der Waals surface area contributed by atoms with Crippen molar-refractivity contribution < 1.29 is 13.2 Å². The number of likely N-dealkylation sites (N-methyl/N-ethyl adjacent to an activating group) is 2. The summed E-state index contributed by atoms with van der Waals surface area (Å²) in [4.78, 5) is 13.6. The Morgan fingerprint density at radius 2 is 1.75 bits per heavy atom. The first-order chi connectivity index (χ1) is 9.19. The topological polar surface area (TPSA) is 57.7 Å². The van der Waals surface area contributed by atoms with Crippen molar-refractivity contribution in [1.29, 1.82) is 0 Å². The lowest BCUT2D eigenvalue weighted by Gasteiger charge is -2.22. The van der Waals surface area contributed by atoms with Gasteiger partial charge in [0.2, 0.25) is 15.9 Å². The van der Waals surface area contributed by atoms with Crippen molar-refractivity contribution in [1.82, 2.24) is 4.31 Å². The van der Waals surface area contributed by atoms with Crippen LogP contribution in [0.1, 0.15) is 18.1 Å². The predicted octanol–water partition coefficient (Wildman–Crippen LogP) is 1.55. The third kappa shape index (κ3) is 3.80. The number of hydrogen-bond donors (Lipinski definition) is 0. The lowest BCUT2D eigenvalue weighted by Crippen LogP contribution is -2.40. The van der Waals surface area contributed by atoms with E-state index in [-0.39, 0.29) is 18.2 Å². The first-order valence-electron chi connectivity index (χ1n) is 6.47. The van der Waals surface area contributed by atoms with Crippen LogP contribution in [0.5, 0.6) is 0 Å². The maximum Gasteiger partial charge on any atom is 0.242 e. The summed E-state index contributed by atoms with van der Waals surface area (Å²) >= 11 is 0. The van der Waals surface area contributed by atoms with Gasteiger partial charge in [-0.05, 0) is 44.0 Å². The highest BCUT2D eigenvalue weighted by Gasteiger charge is 2.21. The Bertz CT molecular complexity index is 596. The lowest BCUT2D eigenvalue weighted by atomic mass is 10.1. The quantitative estimate of drug-likeness (QED) is 0.828. The Hall–Kier alpha value is -1.40. The van der Waals surface area contributed by atoms with Crippen LogP contribution >= 0.6 is 0 Å². The average molecular weight is 298 g/mol. The standard InChI is InChI=1S/C14H22N2O3S/c1-6-20(18,19)15(4)10-14(17)16(5)13-8-7-11(2)12(3)9-13/h7-9H,6,10H2,1-5H3. The molecule has 20 heavy (non-hydrogen) atoms. The fourth-order valence-electron chi connectivity index (χ4n) is 1.69. The smallest absolute Gasteiger partial charge is 0.242 e. The lowest BCUT2D eigenvalue weighted by molar-refractivity contribution is -0.118. The maximum atomic E-state index is 12.1. The molecule has 0 spiro atoms. The van der Waals surface area contributed by atoms with Crippen LogP contribution < -0.4 is 4.90 Å². The van der Waals surface area contributed by atoms with Gasteiger partial charge < -0.3 is 4.90 Å². The fraction of sp³-hybridized carbons (Fsp3) is 0.500. The van der Waals surface area contributed by atoms with Gasteiger partial charge >= 0.3 is 0 Å². The van der Waals surface area contributed by atoms with Gasteiger partial charge in [0.25, 0.3) is 0 Å². The summed E-state index contributed by atoms with van der Waals surface area (Å²) in [6.45, 7) is 5.39. The molecule has 1 rings (SSSR count). The Labute approximate surface area is 121 Å². The van der Waals surface area contributed by atoms with E-state index in [4.69, 9.17) is 0 Å². The summed E-state index contributed by atoms with van der Waals surface area (Å²) in [5.74, 6) is -0.266. The minimum atomic E-state index is -3.34. The van der Waals surface area contributed by atoms with E-state index in [1.807, 2.05) is 32.0 Å². The van der Waals surface area contributed by atoms with Crippen molar-refractivity contribution in [3.63, 3.8) is 0 Å². The van der Waals surface area contributed by atoms with Gasteiger partial charge in [0.15, 0.2) is 0 Å². The van der Waals surface area contributed by atoms with E-state index >= 15 is 0 Å². The third-order valence-electron chi connectivity index (χ3n) is 3.45. The van der Waals surface area contributed by atoms with Crippen LogP contribution in [-0.4, -0.2) is 45.0 Å². The zero-order valence-electron chi connectivity index (χ0n) is 12.7. The van der Waals surface area contributed by atoms with Crippen LogP contribution in [0.15, 0.2) is 18.2 Å². The normalized spacial score (nSPS) is 11.7. The number of aryl methyl sites for hydroxylation is 2. The number of benzene rings is 1. The van der Waals surface area contributed by atoms with Crippen molar-refractivity contribution in [3.8, 4) is 0 Å². The number of carbonyl (C=O) groups is 1. The number of carbonyl (C=O) groups excluding carboxylic acids is 1. The van der Waals surface area contributed by atoms with E-state index in [1.54, 1.807) is 14.0 Å². The van der Waals surface area contributed by atoms with E-state index in [0.29, 0.717) is 0 Å². The molecule has 0 saturated heterocycles. The molecule has 1 amide bonds. The van der Waals surface area contributed by atoms with Gasteiger partial charge in [-0.25, -0.2) is 8.42 Å². The van der Waals surface area contributed by atoms with Crippen LogP contribution in [0.2, 0.25) is 0 Å². The van der Waals surface area contributed by atoms with Gasteiger partial charge in [0, 0.05) is 19.8 Å². The van der Waals surface area contributed by atoms with E-state index in [2.05, 4.69) is 0 Å². The first kappa shape index (κ1) is 16.7. The van der Waals surface area contributed by atoms with Gasteiger partial charge in [0.05, 0.1) is 12.3 Å². The number of nitrogens with zero attached hydrogens (tertiary/aromatic N) is 2. The largest absolute Gasteiger partial charge is 0.314 e. The third-order valence-corrected chi connectivity index (χ3v) is 5.26. The van der Waals surface area contributed by atoms with Crippen LogP contribution in [0, 0.1) is 13.8 Å². The Morgan fingerprint density at radius 1 is 1.15 bits per heavy atom. The minimum absolute atomic E-state index is 0.00979. The van der Waals surface area contributed by atoms with E-state index < -0.39 is 10.0 Å². The maximum absolute atomic E-state index is 12.1. The van der Waals surface area contributed by atoms with Gasteiger partial charge in [-0.1, -0.05) is 6.07 Å². The molecule has 0 radical (unpaired) electrons. The van der Waals surface area contributed by atoms with Gasteiger partial charge in [-0.2, -0.15) is 4.31 Å². The second-order valence-corrected chi connectivity index (χ2v) is 7.24. The molecular weight excluding hydrogens is 276 g/mol. The minimum Gasteiger partial charge on any atom is -0.314 e. The molecule has 0 saturated carbocycles. The molecule has 0 aromatic heterocycles.